The molecule has 3 saturated heterocycles. The maximum atomic E-state index is 12.9. The number of nitrogens with zero attached hydrogens (tertiary/aromatic N) is 3. The highest BCUT2D eigenvalue weighted by molar-refractivity contribution is 8.03. The van der Waals surface area contributed by atoms with Gasteiger partial charge < -0.3 is 34.6 Å². The van der Waals surface area contributed by atoms with Crippen molar-refractivity contribution in [2.45, 2.75) is 49.7 Å². The van der Waals surface area contributed by atoms with Gasteiger partial charge in [0.25, 0.3) is 0 Å². The summed E-state index contributed by atoms with van der Waals surface area (Å²) in [6, 6.07) is -0.480. The molecule has 0 aliphatic carbocycles. The van der Waals surface area contributed by atoms with Crippen LogP contribution in [-0.4, -0.2) is 114 Å². The van der Waals surface area contributed by atoms with E-state index in [9.17, 15) is 29.0 Å². The summed E-state index contributed by atoms with van der Waals surface area (Å²) in [5, 5.41) is 25.1. The number of aliphatic hydroxyl groups excluding tert-OH is 1. The Morgan fingerprint density at radius 1 is 1.35 bits per heavy atom. The first-order valence-corrected chi connectivity index (χ1v) is 12.4. The predicted octanol–water partition coefficient (Wildman–Crippen LogP) is -1.05. The van der Waals surface area contributed by atoms with Crippen molar-refractivity contribution >= 4 is 42.0 Å². The second kappa shape index (κ2) is 9.93. The first-order valence-electron chi connectivity index (χ1n) is 11.5. The van der Waals surface area contributed by atoms with Gasteiger partial charge in [0, 0.05) is 22.6 Å². The highest BCUT2D eigenvalue weighted by atomic mass is 35.5. The number of likely N-dealkylation sites (N-methyl/N-ethyl adjacent to an activating group) is 1. The number of rotatable bonds is 8. The molecule has 0 radical (unpaired) electrons. The van der Waals surface area contributed by atoms with E-state index in [2.05, 4.69) is 5.32 Å². The lowest BCUT2D eigenvalue weighted by atomic mass is 9.79. The van der Waals surface area contributed by atoms with Gasteiger partial charge in [-0.3, -0.25) is 9.59 Å². The number of likely N-dealkylation sites (tertiary alicyclic amines) is 1. The third-order valence-electron chi connectivity index (χ3n) is 7.81. The molecule has 0 saturated carbocycles. The van der Waals surface area contributed by atoms with Crippen LogP contribution in [0.5, 0.6) is 0 Å². The van der Waals surface area contributed by atoms with Crippen molar-refractivity contribution in [2.24, 2.45) is 11.8 Å². The lowest BCUT2D eigenvalue weighted by Gasteiger charge is -2.48. The molecule has 9 nitrogen and oxygen atoms in total. The zero-order chi connectivity index (χ0) is 24.2. The Hall–Kier alpha value is -1.40. The number of carbonyl (C=O) groups is 3. The Bertz CT molecular complexity index is 881. The molecule has 0 aromatic carbocycles. The van der Waals surface area contributed by atoms with E-state index in [0.717, 1.165) is 0 Å². The van der Waals surface area contributed by atoms with Gasteiger partial charge in [0.05, 0.1) is 63.0 Å². The summed E-state index contributed by atoms with van der Waals surface area (Å²) in [5.41, 5.74) is -0.0902. The number of halogens is 2. The van der Waals surface area contributed by atoms with Crippen molar-refractivity contribution in [1.29, 1.82) is 0 Å². The van der Waals surface area contributed by atoms with E-state index in [1.807, 2.05) is 21.0 Å². The van der Waals surface area contributed by atoms with Crippen LogP contribution in [0.25, 0.3) is 0 Å². The van der Waals surface area contributed by atoms with Crippen LogP contribution >= 0.6 is 24.2 Å². The molecule has 4 aliphatic heterocycles. The Morgan fingerprint density at radius 3 is 2.56 bits per heavy atom. The van der Waals surface area contributed by atoms with Gasteiger partial charge in [-0.1, -0.05) is 6.92 Å². The number of carboxylic acid groups (broad SMARTS) is 1. The molecule has 34 heavy (non-hydrogen) atoms. The normalized spacial score (nSPS) is 32.2. The summed E-state index contributed by atoms with van der Waals surface area (Å²) in [5.74, 6) is -2.57. The molecule has 192 valence electrons. The van der Waals surface area contributed by atoms with E-state index in [-0.39, 0.29) is 65.9 Å². The maximum Gasteiger partial charge on any atom is 0.240 e. The van der Waals surface area contributed by atoms with Crippen LogP contribution in [0.2, 0.25) is 0 Å². The Morgan fingerprint density at radius 2 is 2.00 bits per heavy atom. The second-order valence-electron chi connectivity index (χ2n) is 10.3. The number of β-lactam (4-membered cyclic amide) rings is 1. The van der Waals surface area contributed by atoms with Gasteiger partial charge in [0.2, 0.25) is 11.8 Å². The van der Waals surface area contributed by atoms with Gasteiger partial charge in [0.15, 0.2) is 0 Å². The fourth-order valence-electron chi connectivity index (χ4n) is 5.53. The summed E-state index contributed by atoms with van der Waals surface area (Å²) in [6.07, 6.45) is -0.292. The summed E-state index contributed by atoms with van der Waals surface area (Å²) in [4.78, 5) is 40.9. The SMILES string of the molecule is C[C@@H](O)[C@H]1C(=O)N2C(C(=O)[O-])=C(S[C@@H]3CN[C@H](C(=O)N4CC([N+](C)(C)CCF)C4)C3)[C@H](C)[C@H]12.Cl. The Labute approximate surface area is 209 Å². The Kier molecular flexibility index (Phi) is 7.94. The fraction of sp³-hybridized carbons (Fsp3) is 0.773. The topological polar surface area (TPSA) is 113 Å². The van der Waals surface area contributed by atoms with E-state index in [4.69, 9.17) is 0 Å². The highest BCUT2D eigenvalue weighted by Gasteiger charge is 2.59. The number of quaternary nitrogens is 1. The Balaban J connectivity index is 0.00000324. The summed E-state index contributed by atoms with van der Waals surface area (Å²) < 4.78 is 13.3. The van der Waals surface area contributed by atoms with Crippen LogP contribution in [-0.2, 0) is 14.4 Å². The molecule has 4 heterocycles. The van der Waals surface area contributed by atoms with Gasteiger partial charge >= 0.3 is 0 Å². The largest absolute Gasteiger partial charge is 0.543 e. The highest BCUT2D eigenvalue weighted by Crippen LogP contribution is 2.51. The van der Waals surface area contributed by atoms with Crippen molar-refractivity contribution in [3.05, 3.63) is 10.6 Å². The molecule has 4 rings (SSSR count). The number of carboxylic acids is 1. The smallest absolute Gasteiger partial charge is 0.240 e. The van der Waals surface area contributed by atoms with Crippen molar-refractivity contribution in [2.75, 3.05) is 46.9 Å². The van der Waals surface area contributed by atoms with Crippen molar-refractivity contribution in [3.8, 4) is 0 Å². The third-order valence-corrected chi connectivity index (χ3v) is 9.32. The average Bonchev–Trinajstić information content (AvgIpc) is 3.22. The van der Waals surface area contributed by atoms with Crippen molar-refractivity contribution in [3.63, 3.8) is 0 Å². The van der Waals surface area contributed by atoms with Gasteiger partial charge in [-0.25, -0.2) is 4.39 Å². The first kappa shape index (κ1) is 27.2. The molecule has 12 heteroatoms. The lowest BCUT2D eigenvalue weighted by Crippen LogP contribution is -2.68. The van der Waals surface area contributed by atoms with E-state index < -0.39 is 18.0 Å². The predicted molar refractivity (Wildman–Crippen MR) is 125 cm³/mol. The summed E-state index contributed by atoms with van der Waals surface area (Å²) in [7, 11) is 3.96. The molecule has 0 unspecified atom stereocenters. The quantitative estimate of drug-likeness (QED) is 0.310. The first-order chi connectivity index (χ1) is 15.5. The molecular weight excluding hydrogens is 487 g/mol. The van der Waals surface area contributed by atoms with Crippen molar-refractivity contribution in [1.82, 2.24) is 15.1 Å². The molecule has 0 spiro atoms. The zero-order valence-electron chi connectivity index (χ0n) is 19.9. The maximum absolute atomic E-state index is 12.9. The molecule has 3 fully saturated rings. The molecule has 2 N–H and O–H groups in total. The summed E-state index contributed by atoms with van der Waals surface area (Å²) in [6.45, 7) is 5.24. The zero-order valence-corrected chi connectivity index (χ0v) is 21.5. The van der Waals surface area contributed by atoms with Crippen LogP contribution < -0.4 is 10.4 Å². The van der Waals surface area contributed by atoms with Crippen molar-refractivity contribution < 1.29 is 33.5 Å². The minimum Gasteiger partial charge on any atom is -0.543 e. The van der Waals surface area contributed by atoms with E-state index in [0.29, 0.717) is 42.0 Å². The molecule has 4 aliphatic rings. The fourth-order valence-corrected chi connectivity index (χ4v) is 7.00. The number of fused-ring (bicyclic) bond motifs is 1. The van der Waals surface area contributed by atoms with E-state index >= 15 is 0 Å². The number of aliphatic carboxylic acids is 1. The molecule has 0 aromatic rings. The van der Waals surface area contributed by atoms with Crippen LogP contribution in [0.15, 0.2) is 10.6 Å². The summed E-state index contributed by atoms with van der Waals surface area (Å²) >= 11 is 1.40. The second-order valence-corrected chi connectivity index (χ2v) is 11.6. The van der Waals surface area contributed by atoms with Crippen LogP contribution in [0.4, 0.5) is 4.39 Å². The van der Waals surface area contributed by atoms with Crippen LogP contribution in [0.1, 0.15) is 20.3 Å². The monoisotopic (exact) mass is 520 g/mol. The van der Waals surface area contributed by atoms with Gasteiger partial charge in [-0.05, 0) is 13.3 Å². The average molecular weight is 521 g/mol. The molecule has 0 aromatic heterocycles. The molecule has 2 amide bonds. The number of hydrogen-bond acceptors (Lipinski definition) is 7. The lowest BCUT2D eigenvalue weighted by molar-refractivity contribution is -0.919. The van der Waals surface area contributed by atoms with Gasteiger partial charge in [-0.15, -0.1) is 24.2 Å². The molecular formula is C22H34ClFN4O5S. The molecule has 0 bridgehead atoms. The van der Waals surface area contributed by atoms with Gasteiger partial charge in [0.1, 0.15) is 19.3 Å². The number of carbonyl (C=O) groups excluding carboxylic acids is 3. The van der Waals surface area contributed by atoms with Gasteiger partial charge in [-0.2, -0.15) is 0 Å². The molecule has 6 atom stereocenters. The number of thioether (sulfide) groups is 1. The van der Waals surface area contributed by atoms with Crippen LogP contribution in [0, 0.1) is 11.8 Å². The van der Waals surface area contributed by atoms with Crippen LogP contribution in [0.3, 0.4) is 0 Å². The number of alkyl halides is 1. The number of amides is 2. The third kappa shape index (κ3) is 4.45. The van der Waals surface area contributed by atoms with E-state index in [1.165, 1.54) is 16.7 Å². The minimum absolute atomic E-state index is 0. The number of aliphatic hydroxyl groups is 1. The van der Waals surface area contributed by atoms with E-state index in [1.54, 1.807) is 11.8 Å². The minimum atomic E-state index is -1.39. The number of hydrogen-bond donors (Lipinski definition) is 2. The number of nitrogens with one attached hydrogen (secondary N) is 1. The standard InChI is InChI=1S/C22H33FN4O5S.ClH/c1-11-17-16(12(2)28)21(30)26(17)18(22(31)32)19(11)33-14-7-15(24-8-14)20(29)25-9-13(10-25)27(3,4)6-5-23;/h11-17,24,28H,5-10H2,1-4H3;1H/t11-,12-,14+,15+,16-,17-;/m1./s1.